The van der Waals surface area contributed by atoms with E-state index in [1.54, 1.807) is 0 Å². The van der Waals surface area contributed by atoms with Gasteiger partial charge in [-0.3, -0.25) is 0 Å². The van der Waals surface area contributed by atoms with E-state index in [0.29, 0.717) is 6.04 Å². The summed E-state index contributed by atoms with van der Waals surface area (Å²) in [7, 11) is 0. The summed E-state index contributed by atoms with van der Waals surface area (Å²) in [4.78, 5) is 1.52. The summed E-state index contributed by atoms with van der Waals surface area (Å²) in [6.45, 7) is 4.46. The van der Waals surface area contributed by atoms with Crippen molar-refractivity contribution in [1.29, 1.82) is 0 Å². The van der Waals surface area contributed by atoms with Gasteiger partial charge in [-0.2, -0.15) is 0 Å². The van der Waals surface area contributed by atoms with E-state index in [0.717, 1.165) is 31.3 Å². The van der Waals surface area contributed by atoms with Gasteiger partial charge in [-0.1, -0.05) is 0 Å². The fraction of sp³-hybridized carbons (Fsp3) is 0.643. The SMILES string of the molecule is CCOCCCNC(=S)NC1CCCc2sccc21. The molecule has 19 heavy (non-hydrogen) atoms. The molecule has 0 amide bonds. The zero-order valence-corrected chi connectivity index (χ0v) is 13.0. The summed E-state index contributed by atoms with van der Waals surface area (Å²) in [5.74, 6) is 0. The van der Waals surface area contributed by atoms with Crippen molar-refractivity contribution >= 4 is 28.7 Å². The monoisotopic (exact) mass is 298 g/mol. The molecule has 3 nitrogen and oxygen atoms in total. The molecule has 1 unspecified atom stereocenters. The van der Waals surface area contributed by atoms with E-state index in [2.05, 4.69) is 22.1 Å². The van der Waals surface area contributed by atoms with Crippen LogP contribution in [0, 0.1) is 0 Å². The van der Waals surface area contributed by atoms with Gasteiger partial charge in [-0.25, -0.2) is 0 Å². The van der Waals surface area contributed by atoms with Crippen molar-refractivity contribution in [1.82, 2.24) is 10.6 Å². The Balaban J connectivity index is 1.72. The number of fused-ring (bicyclic) bond motifs is 1. The average molecular weight is 298 g/mol. The number of thiophene rings is 1. The Labute approximate surface area is 124 Å². The van der Waals surface area contributed by atoms with Gasteiger partial charge in [0.1, 0.15) is 0 Å². The first-order valence-electron chi connectivity index (χ1n) is 6.99. The molecular weight excluding hydrogens is 276 g/mol. The highest BCUT2D eigenvalue weighted by Crippen LogP contribution is 2.33. The highest BCUT2D eigenvalue weighted by Gasteiger charge is 2.21. The fourth-order valence-corrected chi connectivity index (χ4v) is 3.60. The number of hydrogen-bond donors (Lipinski definition) is 2. The molecule has 0 bridgehead atoms. The van der Waals surface area contributed by atoms with E-state index < -0.39 is 0 Å². The molecule has 1 aromatic rings. The lowest BCUT2D eigenvalue weighted by molar-refractivity contribution is 0.145. The highest BCUT2D eigenvalue weighted by atomic mass is 32.1. The molecule has 0 aliphatic heterocycles. The van der Waals surface area contributed by atoms with Gasteiger partial charge in [0.25, 0.3) is 0 Å². The zero-order chi connectivity index (χ0) is 13.5. The minimum Gasteiger partial charge on any atom is -0.382 e. The number of thiocarbonyl (C=S) groups is 1. The molecule has 0 radical (unpaired) electrons. The Morgan fingerprint density at radius 2 is 2.47 bits per heavy atom. The third-order valence-electron chi connectivity index (χ3n) is 3.31. The predicted octanol–water partition coefficient (Wildman–Crippen LogP) is 3.02. The van der Waals surface area contributed by atoms with Gasteiger partial charge in [0.05, 0.1) is 6.04 Å². The lowest BCUT2D eigenvalue weighted by atomic mass is 9.94. The molecule has 1 aliphatic carbocycles. The van der Waals surface area contributed by atoms with E-state index >= 15 is 0 Å². The molecule has 0 fully saturated rings. The second kappa shape index (κ2) is 7.82. The summed E-state index contributed by atoms with van der Waals surface area (Å²) in [5, 5.41) is 9.64. The van der Waals surface area contributed by atoms with Crippen molar-refractivity contribution in [2.45, 2.75) is 38.6 Å². The molecule has 1 aliphatic rings. The molecule has 2 N–H and O–H groups in total. The third-order valence-corrected chi connectivity index (χ3v) is 4.57. The Morgan fingerprint density at radius 3 is 3.32 bits per heavy atom. The molecule has 1 aromatic heterocycles. The van der Waals surface area contributed by atoms with Crippen LogP contribution in [0.15, 0.2) is 11.4 Å². The maximum Gasteiger partial charge on any atom is 0.166 e. The van der Waals surface area contributed by atoms with E-state index in [4.69, 9.17) is 17.0 Å². The number of nitrogens with one attached hydrogen (secondary N) is 2. The topological polar surface area (TPSA) is 33.3 Å². The molecule has 0 spiro atoms. The van der Waals surface area contributed by atoms with Crippen LogP contribution < -0.4 is 10.6 Å². The molecule has 1 heterocycles. The Morgan fingerprint density at radius 1 is 1.58 bits per heavy atom. The number of rotatable bonds is 6. The fourth-order valence-electron chi connectivity index (χ4n) is 2.37. The van der Waals surface area contributed by atoms with E-state index in [9.17, 15) is 0 Å². The van der Waals surface area contributed by atoms with Gasteiger partial charge in [0, 0.05) is 24.6 Å². The Kier molecular flexibility index (Phi) is 6.07. The van der Waals surface area contributed by atoms with E-state index in [1.165, 1.54) is 29.7 Å². The summed E-state index contributed by atoms with van der Waals surface area (Å²) in [6.07, 6.45) is 4.63. The summed E-state index contributed by atoms with van der Waals surface area (Å²) in [6, 6.07) is 2.62. The van der Waals surface area contributed by atoms with Crippen LogP contribution in [0.25, 0.3) is 0 Å². The second-order valence-corrected chi connectivity index (χ2v) is 6.10. The van der Waals surface area contributed by atoms with Crippen molar-refractivity contribution in [3.8, 4) is 0 Å². The van der Waals surface area contributed by atoms with Crippen LogP contribution in [0.2, 0.25) is 0 Å². The first-order valence-corrected chi connectivity index (χ1v) is 8.28. The maximum atomic E-state index is 5.36. The lowest BCUT2D eigenvalue weighted by Gasteiger charge is -2.25. The number of ether oxygens (including phenoxy) is 1. The molecule has 5 heteroatoms. The van der Waals surface area contributed by atoms with Crippen LogP contribution in [0.4, 0.5) is 0 Å². The van der Waals surface area contributed by atoms with Crippen molar-refractivity contribution in [3.63, 3.8) is 0 Å². The largest absolute Gasteiger partial charge is 0.382 e. The van der Waals surface area contributed by atoms with Crippen LogP contribution in [0.3, 0.4) is 0 Å². The van der Waals surface area contributed by atoms with Crippen LogP contribution in [0.5, 0.6) is 0 Å². The molecule has 0 saturated heterocycles. The predicted molar refractivity (Wildman–Crippen MR) is 84.8 cm³/mol. The van der Waals surface area contributed by atoms with Gasteiger partial charge < -0.3 is 15.4 Å². The maximum absolute atomic E-state index is 5.36. The molecule has 1 atom stereocenters. The summed E-state index contributed by atoms with van der Waals surface area (Å²) < 4.78 is 5.30. The zero-order valence-electron chi connectivity index (χ0n) is 11.4. The van der Waals surface area contributed by atoms with Crippen molar-refractivity contribution in [2.75, 3.05) is 19.8 Å². The van der Waals surface area contributed by atoms with Gasteiger partial charge in [0.2, 0.25) is 0 Å². The molecule has 0 saturated carbocycles. The lowest BCUT2D eigenvalue weighted by Crippen LogP contribution is -2.39. The van der Waals surface area contributed by atoms with Crippen molar-refractivity contribution in [2.24, 2.45) is 0 Å². The van der Waals surface area contributed by atoms with Crippen molar-refractivity contribution in [3.05, 3.63) is 21.9 Å². The third kappa shape index (κ3) is 4.44. The Hall–Kier alpha value is -0.650. The molecule has 0 aromatic carbocycles. The van der Waals surface area contributed by atoms with Gasteiger partial charge in [-0.15, -0.1) is 11.3 Å². The van der Waals surface area contributed by atoms with Gasteiger partial charge in [0.15, 0.2) is 5.11 Å². The smallest absolute Gasteiger partial charge is 0.166 e. The highest BCUT2D eigenvalue weighted by molar-refractivity contribution is 7.80. The minimum atomic E-state index is 0.391. The summed E-state index contributed by atoms with van der Waals surface area (Å²) >= 11 is 7.22. The first kappa shape index (κ1) is 14.8. The summed E-state index contributed by atoms with van der Waals surface area (Å²) in [5.41, 5.74) is 1.44. The first-order chi connectivity index (χ1) is 9.31. The normalized spacial score (nSPS) is 17.8. The molecule has 106 valence electrons. The van der Waals surface area contributed by atoms with Crippen LogP contribution in [0.1, 0.15) is 42.7 Å². The standard InChI is InChI=1S/C14H22N2OS2/c1-2-17-9-4-8-15-14(18)16-12-5-3-6-13-11(12)7-10-19-13/h7,10,12H,2-6,8-9H2,1H3,(H2,15,16,18). The average Bonchev–Trinajstić information content (AvgIpc) is 2.88. The molecular formula is C14H22N2OS2. The van der Waals surface area contributed by atoms with E-state index in [-0.39, 0.29) is 0 Å². The minimum absolute atomic E-state index is 0.391. The van der Waals surface area contributed by atoms with Crippen LogP contribution in [-0.2, 0) is 11.2 Å². The van der Waals surface area contributed by atoms with Gasteiger partial charge in [-0.05, 0) is 61.8 Å². The van der Waals surface area contributed by atoms with Crippen LogP contribution in [-0.4, -0.2) is 24.9 Å². The second-order valence-electron chi connectivity index (χ2n) is 4.69. The van der Waals surface area contributed by atoms with Crippen LogP contribution >= 0.6 is 23.6 Å². The quantitative estimate of drug-likeness (QED) is 0.625. The molecule has 2 rings (SSSR count). The van der Waals surface area contributed by atoms with Gasteiger partial charge >= 0.3 is 0 Å². The van der Waals surface area contributed by atoms with E-state index in [1.807, 2.05) is 18.3 Å². The Bertz CT molecular complexity index is 406. The number of aryl methyl sites for hydroxylation is 1. The number of hydrogen-bond acceptors (Lipinski definition) is 3. The van der Waals surface area contributed by atoms with Crippen molar-refractivity contribution < 1.29 is 4.74 Å².